The van der Waals surface area contributed by atoms with Crippen LogP contribution in [0.2, 0.25) is 0 Å². The average molecular weight is 268 g/mol. The molecule has 1 N–H and O–H groups in total. The smallest absolute Gasteiger partial charge is 0.129 e. The fraction of sp³-hybridized carbons (Fsp3) is 0.235. The van der Waals surface area contributed by atoms with Crippen molar-refractivity contribution < 1.29 is 4.39 Å². The lowest BCUT2D eigenvalue weighted by Crippen LogP contribution is -2.04. The van der Waals surface area contributed by atoms with Gasteiger partial charge in [-0.3, -0.25) is 0 Å². The summed E-state index contributed by atoms with van der Waals surface area (Å²) in [6.07, 6.45) is 0. The van der Waals surface area contributed by atoms with Crippen LogP contribution >= 0.6 is 0 Å². The van der Waals surface area contributed by atoms with Crippen LogP contribution in [0.3, 0.4) is 0 Å². The van der Waals surface area contributed by atoms with Crippen LogP contribution in [0.5, 0.6) is 0 Å². The van der Waals surface area contributed by atoms with Crippen LogP contribution in [-0.4, -0.2) is 0 Å². The minimum atomic E-state index is -0.352. The van der Waals surface area contributed by atoms with E-state index < -0.39 is 0 Å². The highest BCUT2D eigenvalue weighted by Gasteiger charge is 2.07. The molecule has 0 heterocycles. The lowest BCUT2D eigenvalue weighted by Gasteiger charge is -2.10. The number of nitrogens with one attached hydrogen (secondary N) is 1. The predicted molar refractivity (Wildman–Crippen MR) is 79.0 cm³/mol. The SMILES string of the molecule is CC(C)c1ccc(NCc2c(F)cccc2C#N)cc1. The zero-order valence-corrected chi connectivity index (χ0v) is 11.7. The van der Waals surface area contributed by atoms with Crippen molar-refractivity contribution in [3.05, 3.63) is 65.0 Å². The molecular formula is C17H17FN2. The molecule has 0 bridgehead atoms. The van der Waals surface area contributed by atoms with Gasteiger partial charge in [-0.05, 0) is 35.7 Å². The minimum absolute atomic E-state index is 0.302. The van der Waals surface area contributed by atoms with E-state index in [2.05, 4.69) is 31.3 Å². The quantitative estimate of drug-likeness (QED) is 0.890. The van der Waals surface area contributed by atoms with Gasteiger partial charge in [-0.2, -0.15) is 5.26 Å². The molecule has 0 aliphatic carbocycles. The Morgan fingerprint density at radius 3 is 2.45 bits per heavy atom. The van der Waals surface area contributed by atoms with E-state index in [0.717, 1.165) is 5.69 Å². The molecule has 0 aromatic heterocycles. The lowest BCUT2D eigenvalue weighted by atomic mass is 10.0. The maximum absolute atomic E-state index is 13.7. The molecule has 0 saturated carbocycles. The average Bonchev–Trinajstić information content (AvgIpc) is 2.46. The Bertz CT molecular complexity index is 624. The number of hydrogen-bond donors (Lipinski definition) is 1. The topological polar surface area (TPSA) is 35.8 Å². The van der Waals surface area contributed by atoms with Gasteiger partial charge in [-0.1, -0.05) is 32.0 Å². The largest absolute Gasteiger partial charge is 0.381 e. The van der Waals surface area contributed by atoms with Crippen LogP contribution in [0.4, 0.5) is 10.1 Å². The van der Waals surface area contributed by atoms with Crippen LogP contribution in [0.1, 0.15) is 36.5 Å². The fourth-order valence-corrected chi connectivity index (χ4v) is 2.02. The molecule has 102 valence electrons. The summed E-state index contributed by atoms with van der Waals surface area (Å²) < 4.78 is 13.7. The minimum Gasteiger partial charge on any atom is -0.381 e. The molecule has 0 aliphatic rings. The molecule has 2 nitrogen and oxygen atoms in total. The van der Waals surface area contributed by atoms with Gasteiger partial charge in [-0.25, -0.2) is 4.39 Å². The molecular weight excluding hydrogens is 251 g/mol. The first kappa shape index (κ1) is 14.1. The van der Waals surface area contributed by atoms with Crippen molar-refractivity contribution in [2.45, 2.75) is 26.3 Å². The molecule has 0 saturated heterocycles. The monoisotopic (exact) mass is 268 g/mol. The summed E-state index contributed by atoms with van der Waals surface area (Å²) in [6.45, 7) is 4.58. The maximum atomic E-state index is 13.7. The van der Waals surface area contributed by atoms with Crippen molar-refractivity contribution >= 4 is 5.69 Å². The second-order valence-corrected chi connectivity index (χ2v) is 5.01. The van der Waals surface area contributed by atoms with Crippen molar-refractivity contribution in [2.75, 3.05) is 5.32 Å². The van der Waals surface area contributed by atoms with E-state index in [-0.39, 0.29) is 5.82 Å². The number of benzene rings is 2. The Morgan fingerprint density at radius 1 is 1.15 bits per heavy atom. The highest BCUT2D eigenvalue weighted by molar-refractivity contribution is 5.47. The van der Waals surface area contributed by atoms with Gasteiger partial charge < -0.3 is 5.32 Å². The van der Waals surface area contributed by atoms with Crippen LogP contribution in [0.15, 0.2) is 42.5 Å². The summed E-state index contributed by atoms with van der Waals surface area (Å²) in [5, 5.41) is 12.1. The Morgan fingerprint density at radius 2 is 1.85 bits per heavy atom. The van der Waals surface area contributed by atoms with Crippen molar-refractivity contribution in [3.8, 4) is 6.07 Å². The first-order valence-corrected chi connectivity index (χ1v) is 6.63. The Labute approximate surface area is 118 Å². The molecule has 0 unspecified atom stereocenters. The number of anilines is 1. The third kappa shape index (κ3) is 3.16. The van der Waals surface area contributed by atoms with E-state index in [9.17, 15) is 4.39 Å². The van der Waals surface area contributed by atoms with Crippen LogP contribution in [0, 0.1) is 17.1 Å². The van der Waals surface area contributed by atoms with Gasteiger partial charge in [0.25, 0.3) is 0 Å². The van der Waals surface area contributed by atoms with Gasteiger partial charge in [0.1, 0.15) is 5.82 Å². The van der Waals surface area contributed by atoms with Crippen molar-refractivity contribution in [1.29, 1.82) is 5.26 Å². The second kappa shape index (κ2) is 6.21. The number of hydrogen-bond acceptors (Lipinski definition) is 2. The second-order valence-electron chi connectivity index (χ2n) is 5.01. The summed E-state index contributed by atoms with van der Waals surface area (Å²) in [4.78, 5) is 0. The maximum Gasteiger partial charge on any atom is 0.129 e. The summed E-state index contributed by atoms with van der Waals surface area (Å²) in [5.41, 5.74) is 2.96. The molecule has 3 heteroatoms. The Balaban J connectivity index is 2.11. The normalized spacial score (nSPS) is 10.3. The van der Waals surface area contributed by atoms with E-state index in [0.29, 0.717) is 23.6 Å². The van der Waals surface area contributed by atoms with Crippen molar-refractivity contribution in [3.63, 3.8) is 0 Å². The Kier molecular flexibility index (Phi) is 4.37. The van der Waals surface area contributed by atoms with E-state index in [1.165, 1.54) is 11.6 Å². The highest BCUT2D eigenvalue weighted by atomic mass is 19.1. The summed E-state index contributed by atoms with van der Waals surface area (Å²) >= 11 is 0. The number of rotatable bonds is 4. The van der Waals surface area contributed by atoms with E-state index >= 15 is 0 Å². The van der Waals surface area contributed by atoms with Gasteiger partial charge in [0, 0.05) is 17.8 Å². The third-order valence-corrected chi connectivity index (χ3v) is 3.29. The van der Waals surface area contributed by atoms with Gasteiger partial charge >= 0.3 is 0 Å². The van der Waals surface area contributed by atoms with Gasteiger partial charge in [0.2, 0.25) is 0 Å². The zero-order valence-electron chi connectivity index (χ0n) is 11.7. The molecule has 0 aliphatic heterocycles. The lowest BCUT2D eigenvalue weighted by molar-refractivity contribution is 0.612. The molecule has 0 radical (unpaired) electrons. The summed E-state index contributed by atoms with van der Waals surface area (Å²) in [6, 6.07) is 14.6. The van der Waals surface area contributed by atoms with Gasteiger partial charge in [0.15, 0.2) is 0 Å². The molecule has 0 atom stereocenters. The number of halogens is 1. The molecule has 0 fully saturated rings. The van der Waals surface area contributed by atoms with Crippen molar-refractivity contribution in [2.24, 2.45) is 0 Å². The summed E-state index contributed by atoms with van der Waals surface area (Å²) in [5.74, 6) is 0.135. The third-order valence-electron chi connectivity index (χ3n) is 3.29. The number of nitrogens with zero attached hydrogens (tertiary/aromatic N) is 1. The van der Waals surface area contributed by atoms with Crippen LogP contribution in [-0.2, 0) is 6.54 Å². The first-order valence-electron chi connectivity index (χ1n) is 6.63. The van der Waals surface area contributed by atoms with E-state index in [1.54, 1.807) is 12.1 Å². The standard InChI is InChI=1S/C17H17FN2/c1-12(2)13-6-8-15(9-7-13)20-11-16-14(10-19)4-3-5-17(16)18/h3-9,12,20H,11H2,1-2H3. The van der Waals surface area contributed by atoms with E-state index in [1.807, 2.05) is 18.2 Å². The molecule has 0 spiro atoms. The Hall–Kier alpha value is -2.34. The molecule has 2 rings (SSSR count). The molecule has 0 amide bonds. The molecule has 2 aromatic rings. The molecule has 20 heavy (non-hydrogen) atoms. The van der Waals surface area contributed by atoms with Gasteiger partial charge in [0.05, 0.1) is 11.6 Å². The van der Waals surface area contributed by atoms with Crippen LogP contribution < -0.4 is 5.32 Å². The molecule has 2 aromatic carbocycles. The van der Waals surface area contributed by atoms with Crippen molar-refractivity contribution in [1.82, 2.24) is 0 Å². The highest BCUT2D eigenvalue weighted by Crippen LogP contribution is 2.19. The number of nitriles is 1. The summed E-state index contributed by atoms with van der Waals surface area (Å²) in [7, 11) is 0. The van der Waals surface area contributed by atoms with Gasteiger partial charge in [-0.15, -0.1) is 0 Å². The predicted octanol–water partition coefficient (Wildman–Crippen LogP) is 4.43. The zero-order chi connectivity index (χ0) is 14.5. The van der Waals surface area contributed by atoms with Crippen LogP contribution in [0.25, 0.3) is 0 Å². The fourth-order valence-electron chi connectivity index (χ4n) is 2.02. The first-order chi connectivity index (χ1) is 9.61. The van der Waals surface area contributed by atoms with E-state index in [4.69, 9.17) is 5.26 Å².